The molecule has 24 heavy (non-hydrogen) atoms. The molecule has 5 heteroatoms. The fourth-order valence-corrected chi connectivity index (χ4v) is 3.76. The Balaban J connectivity index is 1.81. The summed E-state index contributed by atoms with van der Waals surface area (Å²) in [6.07, 6.45) is 1.41. The summed E-state index contributed by atoms with van der Waals surface area (Å²) in [5.74, 6) is 0.537. The predicted octanol–water partition coefficient (Wildman–Crippen LogP) is 3.25. The van der Waals surface area contributed by atoms with E-state index in [0.717, 1.165) is 22.1 Å². The Bertz CT molecular complexity index is 763. The number of anilines is 1. The topological polar surface area (TPSA) is 66.6 Å². The smallest absolute Gasteiger partial charge is 0.244 e. The lowest BCUT2D eigenvalue weighted by atomic mass is 9.93. The third kappa shape index (κ3) is 3.47. The highest BCUT2D eigenvalue weighted by Crippen LogP contribution is 2.30. The molecule has 2 aromatic carbocycles. The van der Waals surface area contributed by atoms with Gasteiger partial charge >= 0.3 is 0 Å². The molecule has 4 nitrogen and oxygen atoms in total. The van der Waals surface area contributed by atoms with Gasteiger partial charge in [-0.2, -0.15) is 0 Å². The van der Waals surface area contributed by atoms with Crippen LogP contribution in [0.4, 0.5) is 5.69 Å². The van der Waals surface area contributed by atoms with E-state index in [4.69, 9.17) is 5.73 Å². The van der Waals surface area contributed by atoms with E-state index < -0.39 is 6.04 Å². The van der Waals surface area contributed by atoms with Gasteiger partial charge in [0.25, 0.3) is 0 Å². The third-order valence-corrected chi connectivity index (χ3v) is 5.14. The van der Waals surface area contributed by atoms with Gasteiger partial charge in [0.15, 0.2) is 0 Å². The molecular weight excluding hydrogens is 368 g/mol. The number of para-hydroxylation sites is 1. The summed E-state index contributed by atoms with van der Waals surface area (Å²) in [6, 6.07) is 12.4. The zero-order valence-electron chi connectivity index (χ0n) is 13.6. The molecule has 3 N–H and O–H groups in total. The van der Waals surface area contributed by atoms with Crippen LogP contribution in [0.1, 0.15) is 18.1 Å². The van der Waals surface area contributed by atoms with Crippen molar-refractivity contribution in [3.63, 3.8) is 0 Å². The molecule has 1 unspecified atom stereocenters. The van der Waals surface area contributed by atoms with Gasteiger partial charge in [-0.15, -0.1) is 0 Å². The van der Waals surface area contributed by atoms with E-state index in [9.17, 15) is 9.90 Å². The molecule has 0 bridgehead atoms. The molecule has 1 heterocycles. The van der Waals surface area contributed by atoms with Crippen molar-refractivity contribution in [2.45, 2.75) is 25.8 Å². The fourth-order valence-electron chi connectivity index (χ4n) is 3.23. The largest absolute Gasteiger partial charge is 0.508 e. The minimum Gasteiger partial charge on any atom is -0.508 e. The average molecular weight is 389 g/mol. The lowest BCUT2D eigenvalue weighted by Gasteiger charge is -2.34. The SMILES string of the molecule is CC1Cc2ccccc2N(C(=O)[C@H](N)Cc2ccc(O)cc2Br)C1. The van der Waals surface area contributed by atoms with Gasteiger partial charge in [0.2, 0.25) is 5.91 Å². The second kappa shape index (κ2) is 6.95. The fraction of sp³-hybridized carbons (Fsp3) is 0.316. The monoisotopic (exact) mass is 388 g/mol. The van der Waals surface area contributed by atoms with Crippen molar-refractivity contribution >= 4 is 27.5 Å². The van der Waals surface area contributed by atoms with Crippen LogP contribution in [0.3, 0.4) is 0 Å². The van der Waals surface area contributed by atoms with Gasteiger partial charge in [-0.3, -0.25) is 4.79 Å². The number of nitrogens with two attached hydrogens (primary N) is 1. The number of aromatic hydroxyl groups is 1. The molecule has 1 aliphatic rings. The van der Waals surface area contributed by atoms with Gasteiger partial charge < -0.3 is 15.7 Å². The Hall–Kier alpha value is -1.85. The maximum Gasteiger partial charge on any atom is 0.244 e. The zero-order valence-corrected chi connectivity index (χ0v) is 15.2. The minimum absolute atomic E-state index is 0.0611. The van der Waals surface area contributed by atoms with Gasteiger partial charge in [0, 0.05) is 16.7 Å². The van der Waals surface area contributed by atoms with Crippen LogP contribution in [0, 0.1) is 5.92 Å². The van der Waals surface area contributed by atoms with Gasteiger partial charge in [0.1, 0.15) is 5.75 Å². The molecule has 126 valence electrons. The summed E-state index contributed by atoms with van der Waals surface area (Å²) in [5.41, 5.74) is 9.29. The van der Waals surface area contributed by atoms with Crippen molar-refractivity contribution < 1.29 is 9.90 Å². The van der Waals surface area contributed by atoms with E-state index in [-0.39, 0.29) is 11.7 Å². The maximum atomic E-state index is 12.9. The molecule has 0 fully saturated rings. The number of fused-ring (bicyclic) bond motifs is 1. The van der Waals surface area contributed by atoms with E-state index in [1.54, 1.807) is 18.2 Å². The first-order valence-electron chi connectivity index (χ1n) is 8.08. The lowest BCUT2D eigenvalue weighted by molar-refractivity contribution is -0.120. The zero-order chi connectivity index (χ0) is 17.3. The van der Waals surface area contributed by atoms with Crippen LogP contribution < -0.4 is 10.6 Å². The van der Waals surface area contributed by atoms with Crippen molar-refractivity contribution in [2.24, 2.45) is 11.7 Å². The molecule has 0 radical (unpaired) electrons. The molecule has 0 spiro atoms. The van der Waals surface area contributed by atoms with E-state index in [1.165, 1.54) is 5.56 Å². The van der Waals surface area contributed by atoms with E-state index in [1.807, 2.05) is 23.1 Å². The van der Waals surface area contributed by atoms with Crippen LogP contribution in [-0.4, -0.2) is 23.6 Å². The first kappa shape index (κ1) is 17.0. The highest BCUT2D eigenvalue weighted by Gasteiger charge is 2.29. The van der Waals surface area contributed by atoms with Crippen molar-refractivity contribution in [1.29, 1.82) is 0 Å². The van der Waals surface area contributed by atoms with Gasteiger partial charge in [-0.25, -0.2) is 0 Å². The number of amides is 1. The minimum atomic E-state index is -0.621. The Morgan fingerprint density at radius 2 is 2.12 bits per heavy atom. The van der Waals surface area contributed by atoms with Crippen LogP contribution in [0.5, 0.6) is 5.75 Å². The summed E-state index contributed by atoms with van der Waals surface area (Å²) in [4.78, 5) is 14.7. The van der Waals surface area contributed by atoms with Crippen molar-refractivity contribution in [2.75, 3.05) is 11.4 Å². The number of phenols is 1. The second-order valence-corrected chi connectivity index (χ2v) is 7.33. The first-order valence-corrected chi connectivity index (χ1v) is 8.87. The number of hydrogen-bond acceptors (Lipinski definition) is 3. The number of carbonyl (C=O) groups is 1. The number of hydrogen-bond donors (Lipinski definition) is 2. The normalized spacial score (nSPS) is 18.1. The number of carbonyl (C=O) groups excluding carboxylic acids is 1. The summed E-state index contributed by atoms with van der Waals surface area (Å²) in [6.45, 7) is 2.85. The molecule has 3 rings (SSSR count). The second-order valence-electron chi connectivity index (χ2n) is 6.47. The Morgan fingerprint density at radius 1 is 1.38 bits per heavy atom. The summed E-state index contributed by atoms with van der Waals surface area (Å²) in [5, 5.41) is 9.49. The Morgan fingerprint density at radius 3 is 2.88 bits per heavy atom. The molecule has 1 amide bonds. The van der Waals surface area contributed by atoms with Gasteiger partial charge in [-0.1, -0.05) is 47.1 Å². The molecule has 0 aliphatic carbocycles. The molecule has 0 saturated heterocycles. The van der Waals surface area contributed by atoms with E-state index in [0.29, 0.717) is 18.9 Å². The molecule has 2 atom stereocenters. The van der Waals surface area contributed by atoms with Crippen LogP contribution >= 0.6 is 15.9 Å². The van der Waals surface area contributed by atoms with Crippen LogP contribution in [0.2, 0.25) is 0 Å². The predicted molar refractivity (Wildman–Crippen MR) is 99.1 cm³/mol. The molecule has 1 aliphatic heterocycles. The van der Waals surface area contributed by atoms with E-state index in [2.05, 4.69) is 28.9 Å². The number of phenolic OH excluding ortho intramolecular Hbond substituents is 1. The molecule has 0 saturated carbocycles. The highest BCUT2D eigenvalue weighted by molar-refractivity contribution is 9.10. The van der Waals surface area contributed by atoms with Crippen LogP contribution in [0.15, 0.2) is 46.9 Å². The van der Waals surface area contributed by atoms with Crippen molar-refractivity contribution in [3.05, 3.63) is 58.1 Å². The highest BCUT2D eigenvalue weighted by atomic mass is 79.9. The number of rotatable bonds is 3. The quantitative estimate of drug-likeness (QED) is 0.847. The Labute approximate surface area is 150 Å². The Kier molecular flexibility index (Phi) is 4.92. The summed E-state index contributed by atoms with van der Waals surface area (Å²) in [7, 11) is 0. The van der Waals surface area contributed by atoms with E-state index >= 15 is 0 Å². The van der Waals surface area contributed by atoms with Crippen molar-refractivity contribution in [3.8, 4) is 5.75 Å². The third-order valence-electron chi connectivity index (χ3n) is 4.40. The van der Waals surface area contributed by atoms with Crippen LogP contribution in [0.25, 0.3) is 0 Å². The van der Waals surface area contributed by atoms with Crippen molar-refractivity contribution in [1.82, 2.24) is 0 Å². The molecule has 0 aromatic heterocycles. The average Bonchev–Trinajstić information content (AvgIpc) is 2.55. The van der Waals surface area contributed by atoms with Gasteiger partial charge in [0.05, 0.1) is 6.04 Å². The number of nitrogens with zero attached hydrogens (tertiary/aromatic N) is 1. The first-order chi connectivity index (χ1) is 11.5. The summed E-state index contributed by atoms with van der Waals surface area (Å²) >= 11 is 3.42. The maximum absolute atomic E-state index is 12.9. The number of halogens is 1. The number of benzene rings is 2. The molecular formula is C19H21BrN2O2. The van der Waals surface area contributed by atoms with Gasteiger partial charge in [-0.05, 0) is 48.1 Å². The molecule has 2 aromatic rings. The summed E-state index contributed by atoms with van der Waals surface area (Å²) < 4.78 is 0.762. The van der Waals surface area contributed by atoms with Crippen LogP contribution in [-0.2, 0) is 17.6 Å². The lowest BCUT2D eigenvalue weighted by Crippen LogP contribution is -2.48. The standard InChI is InChI=1S/C19H21BrN2O2/c1-12-8-14-4-2-3-5-18(14)22(11-12)19(24)17(21)9-13-6-7-15(23)10-16(13)20/h2-7,10,12,17,23H,8-9,11,21H2,1H3/t12?,17-/m1/s1.